The van der Waals surface area contributed by atoms with E-state index in [4.69, 9.17) is 4.74 Å². The molecule has 4 rings (SSSR count). The Hall–Kier alpha value is -4.02. The molecule has 3 heterocycles. The molecule has 11 nitrogen and oxygen atoms in total. The van der Waals surface area contributed by atoms with Crippen LogP contribution in [0.2, 0.25) is 0 Å². The minimum Gasteiger partial charge on any atom is -0.463 e. The fourth-order valence-corrected chi connectivity index (χ4v) is 4.23. The summed E-state index contributed by atoms with van der Waals surface area (Å²) in [5.41, 5.74) is 0.383. The van der Waals surface area contributed by atoms with Crippen LogP contribution in [0.3, 0.4) is 0 Å². The Morgan fingerprint density at radius 2 is 1.36 bits per heavy atom. The van der Waals surface area contributed by atoms with Crippen molar-refractivity contribution in [1.82, 2.24) is 20.0 Å². The lowest BCUT2D eigenvalue weighted by atomic mass is 9.94. The highest BCUT2D eigenvalue weighted by molar-refractivity contribution is 6.07. The third-order valence-corrected chi connectivity index (χ3v) is 5.68. The second-order valence-corrected chi connectivity index (χ2v) is 7.67. The molecular formula is C22H22N4O7. The molecule has 1 aromatic rings. The van der Waals surface area contributed by atoms with Crippen LogP contribution in [-0.4, -0.2) is 62.3 Å². The summed E-state index contributed by atoms with van der Waals surface area (Å²) in [6.45, 7) is 3.05. The normalized spacial score (nSPS) is 21.6. The van der Waals surface area contributed by atoms with Crippen molar-refractivity contribution in [2.75, 3.05) is 6.61 Å². The molecule has 1 aromatic carbocycles. The van der Waals surface area contributed by atoms with Crippen molar-refractivity contribution in [3.63, 3.8) is 0 Å². The number of hydrazine groups is 2. The first-order chi connectivity index (χ1) is 15.8. The molecule has 3 aliphatic heterocycles. The number of nitrogens with zero attached hydrogens (tertiary/aromatic N) is 4. The van der Waals surface area contributed by atoms with Crippen molar-refractivity contribution in [1.29, 1.82) is 0 Å². The summed E-state index contributed by atoms with van der Waals surface area (Å²) >= 11 is 0. The monoisotopic (exact) mass is 454 g/mol. The van der Waals surface area contributed by atoms with Gasteiger partial charge in [-0.1, -0.05) is 30.3 Å². The van der Waals surface area contributed by atoms with Crippen LogP contribution in [0, 0.1) is 0 Å². The highest BCUT2D eigenvalue weighted by Gasteiger charge is 2.53. The van der Waals surface area contributed by atoms with Crippen LogP contribution >= 0.6 is 0 Å². The fraction of sp³-hybridized carbons (Fsp3) is 0.364. The summed E-state index contributed by atoms with van der Waals surface area (Å²) in [6, 6.07) is 6.23. The van der Waals surface area contributed by atoms with Crippen LogP contribution in [0.4, 0.5) is 4.79 Å². The van der Waals surface area contributed by atoms with Gasteiger partial charge < -0.3 is 4.74 Å². The topological polar surface area (TPSA) is 125 Å². The van der Waals surface area contributed by atoms with Gasteiger partial charge in [-0.2, -0.15) is 15.0 Å². The van der Waals surface area contributed by atoms with E-state index in [1.807, 2.05) is 0 Å². The molecule has 1 atom stereocenters. The average molecular weight is 454 g/mol. The van der Waals surface area contributed by atoms with E-state index < -0.39 is 41.7 Å². The zero-order chi connectivity index (χ0) is 23.9. The third kappa shape index (κ3) is 3.55. The molecule has 0 N–H and O–H groups in total. The number of allylic oxidation sites excluding steroid dienone is 1. The molecule has 0 spiro atoms. The first-order valence-corrected chi connectivity index (χ1v) is 10.6. The molecule has 6 amide bonds. The highest BCUT2D eigenvalue weighted by Crippen LogP contribution is 2.41. The molecule has 2 saturated heterocycles. The average Bonchev–Trinajstić information content (AvgIpc) is 3.29. The second kappa shape index (κ2) is 8.49. The van der Waals surface area contributed by atoms with Gasteiger partial charge in [0.2, 0.25) is 23.6 Å². The molecule has 3 aliphatic rings. The number of rotatable bonds is 5. The lowest BCUT2D eigenvalue weighted by Crippen LogP contribution is -2.63. The maximum Gasteiger partial charge on any atom is 0.364 e. The Kier molecular flexibility index (Phi) is 5.71. The summed E-state index contributed by atoms with van der Waals surface area (Å²) in [5, 5.41) is 2.98. The molecule has 1 unspecified atom stereocenters. The van der Waals surface area contributed by atoms with Gasteiger partial charge in [-0.25, -0.2) is 14.6 Å². The van der Waals surface area contributed by atoms with Crippen molar-refractivity contribution in [3.05, 3.63) is 47.2 Å². The summed E-state index contributed by atoms with van der Waals surface area (Å²) in [5.74, 6) is -3.32. The summed E-state index contributed by atoms with van der Waals surface area (Å²) in [4.78, 5) is 77.2. The Balaban J connectivity index is 1.98. The summed E-state index contributed by atoms with van der Waals surface area (Å²) in [6.07, 6.45) is -0.422. The maximum absolute atomic E-state index is 13.8. The van der Waals surface area contributed by atoms with Gasteiger partial charge in [0, 0.05) is 25.7 Å². The van der Waals surface area contributed by atoms with Crippen molar-refractivity contribution < 1.29 is 33.5 Å². The Morgan fingerprint density at radius 3 is 1.88 bits per heavy atom. The van der Waals surface area contributed by atoms with Gasteiger partial charge in [0.25, 0.3) is 0 Å². The van der Waals surface area contributed by atoms with Crippen LogP contribution in [0.5, 0.6) is 0 Å². The van der Waals surface area contributed by atoms with Gasteiger partial charge in [-0.3, -0.25) is 19.2 Å². The highest BCUT2D eigenvalue weighted by atomic mass is 16.5. The van der Waals surface area contributed by atoms with Crippen LogP contribution < -0.4 is 0 Å². The van der Waals surface area contributed by atoms with Gasteiger partial charge in [0.15, 0.2) is 0 Å². The Bertz CT molecular complexity index is 1070. The van der Waals surface area contributed by atoms with Crippen molar-refractivity contribution in [3.8, 4) is 0 Å². The Morgan fingerprint density at radius 1 is 0.848 bits per heavy atom. The number of ether oxygens (including phenoxy) is 1. The molecule has 0 radical (unpaired) electrons. The molecule has 0 saturated carbocycles. The fourth-order valence-electron chi connectivity index (χ4n) is 4.23. The van der Waals surface area contributed by atoms with Gasteiger partial charge >= 0.3 is 12.0 Å². The summed E-state index contributed by atoms with van der Waals surface area (Å²) < 4.78 is 5.23. The van der Waals surface area contributed by atoms with Crippen LogP contribution in [-0.2, 0) is 28.7 Å². The van der Waals surface area contributed by atoms with E-state index in [0.29, 0.717) is 15.6 Å². The van der Waals surface area contributed by atoms with E-state index in [1.54, 1.807) is 37.3 Å². The minimum absolute atomic E-state index is 0.00579. The quantitative estimate of drug-likeness (QED) is 0.487. The van der Waals surface area contributed by atoms with E-state index in [-0.39, 0.29) is 43.6 Å². The maximum atomic E-state index is 13.8. The van der Waals surface area contributed by atoms with E-state index >= 15 is 0 Å². The molecular weight excluding hydrogens is 432 g/mol. The number of urea groups is 1. The molecule has 0 aliphatic carbocycles. The smallest absolute Gasteiger partial charge is 0.364 e. The largest absolute Gasteiger partial charge is 0.463 e. The first-order valence-electron chi connectivity index (χ1n) is 10.6. The standard InChI is InChI=1S/C22H22N4O7/c1-3-33-21(31)19-13(2)23(24-15(27)9-10-16(24)28)22(32)26(25-17(29)11-12-18(25)30)20(19)14-7-5-4-6-8-14/h4-8,20H,3,9-12H2,1-2H3. The number of carbonyl (C=O) groups is 6. The number of imide groups is 2. The molecule has 2 fully saturated rings. The van der Waals surface area contributed by atoms with Crippen molar-refractivity contribution in [2.24, 2.45) is 0 Å². The van der Waals surface area contributed by atoms with E-state index in [0.717, 1.165) is 10.0 Å². The van der Waals surface area contributed by atoms with Gasteiger partial charge in [0.05, 0.1) is 17.9 Å². The number of hydrogen-bond donors (Lipinski definition) is 0. The van der Waals surface area contributed by atoms with E-state index in [9.17, 15) is 28.8 Å². The zero-order valence-electron chi connectivity index (χ0n) is 18.1. The lowest BCUT2D eigenvalue weighted by molar-refractivity contribution is -0.164. The van der Waals surface area contributed by atoms with E-state index in [2.05, 4.69) is 0 Å². The number of benzene rings is 1. The van der Waals surface area contributed by atoms with Crippen LogP contribution in [0.1, 0.15) is 51.1 Å². The molecule has 172 valence electrons. The predicted octanol–water partition coefficient (Wildman–Crippen LogP) is 1.43. The molecule has 33 heavy (non-hydrogen) atoms. The SMILES string of the molecule is CCOC(=O)C1=C(C)N(N2C(=O)CCC2=O)C(=O)N(N2C(=O)CCC2=O)C1c1ccccc1. The number of amides is 6. The van der Waals surface area contributed by atoms with Crippen molar-refractivity contribution in [2.45, 2.75) is 45.6 Å². The molecule has 0 bridgehead atoms. The predicted molar refractivity (Wildman–Crippen MR) is 110 cm³/mol. The summed E-state index contributed by atoms with van der Waals surface area (Å²) in [7, 11) is 0. The number of carbonyl (C=O) groups excluding carboxylic acids is 6. The molecule has 0 aromatic heterocycles. The first kappa shape index (κ1) is 22.2. The van der Waals surface area contributed by atoms with Crippen LogP contribution in [0.25, 0.3) is 0 Å². The lowest BCUT2D eigenvalue weighted by Gasteiger charge is -2.46. The van der Waals surface area contributed by atoms with Crippen molar-refractivity contribution >= 4 is 35.6 Å². The zero-order valence-corrected chi connectivity index (χ0v) is 18.1. The second-order valence-electron chi connectivity index (χ2n) is 7.67. The third-order valence-electron chi connectivity index (χ3n) is 5.68. The number of esters is 1. The number of hydrogen-bond acceptors (Lipinski definition) is 7. The van der Waals surface area contributed by atoms with Gasteiger partial charge in [-0.05, 0) is 19.4 Å². The van der Waals surface area contributed by atoms with Crippen LogP contribution in [0.15, 0.2) is 41.6 Å². The minimum atomic E-state index is -1.19. The van der Waals surface area contributed by atoms with E-state index in [1.165, 1.54) is 6.92 Å². The molecule has 11 heteroatoms. The van der Waals surface area contributed by atoms with Gasteiger partial charge in [0.1, 0.15) is 6.04 Å². The van der Waals surface area contributed by atoms with Gasteiger partial charge in [-0.15, -0.1) is 0 Å². The Labute approximate surface area is 189 Å².